The highest BCUT2D eigenvalue weighted by molar-refractivity contribution is 5.00. The van der Waals surface area contributed by atoms with Crippen LogP contribution in [0.25, 0.3) is 0 Å². The second kappa shape index (κ2) is 5.67. The Balaban J connectivity index is 2.54. The summed E-state index contributed by atoms with van der Waals surface area (Å²) in [5.74, 6) is 0. The van der Waals surface area contributed by atoms with Gasteiger partial charge < -0.3 is 10.4 Å². The molecule has 0 saturated carbocycles. The average molecular weight is 195 g/mol. The first-order valence-corrected chi connectivity index (χ1v) is 4.90. The minimum absolute atomic E-state index is 0.126. The van der Waals surface area contributed by atoms with Crippen LogP contribution in [0.5, 0.6) is 0 Å². The quantitative estimate of drug-likeness (QED) is 0.733. The van der Waals surface area contributed by atoms with Gasteiger partial charge in [0.1, 0.15) is 0 Å². The molecule has 1 heterocycles. The summed E-state index contributed by atoms with van der Waals surface area (Å²) < 4.78 is 0. The number of hydrogen-bond acceptors (Lipinski definition) is 4. The second-order valence-corrected chi connectivity index (χ2v) is 3.31. The zero-order chi connectivity index (χ0) is 10.4. The molecule has 4 nitrogen and oxygen atoms in total. The normalized spacial score (nSPS) is 15.1. The van der Waals surface area contributed by atoms with Gasteiger partial charge in [-0.3, -0.25) is 9.97 Å². The van der Waals surface area contributed by atoms with Gasteiger partial charge in [0.25, 0.3) is 0 Å². The minimum Gasteiger partial charge on any atom is -0.395 e. The van der Waals surface area contributed by atoms with E-state index in [0.717, 1.165) is 12.1 Å². The van der Waals surface area contributed by atoms with Crippen molar-refractivity contribution in [2.75, 3.05) is 6.61 Å². The van der Waals surface area contributed by atoms with E-state index in [9.17, 15) is 0 Å². The minimum atomic E-state index is 0.126. The Morgan fingerprint density at radius 1 is 1.50 bits per heavy atom. The van der Waals surface area contributed by atoms with Crippen LogP contribution in [0.2, 0.25) is 0 Å². The first-order valence-electron chi connectivity index (χ1n) is 4.90. The van der Waals surface area contributed by atoms with Gasteiger partial charge in [-0.25, -0.2) is 0 Å². The highest BCUT2D eigenvalue weighted by Gasteiger charge is 2.11. The van der Waals surface area contributed by atoms with E-state index in [2.05, 4.69) is 15.3 Å². The van der Waals surface area contributed by atoms with Crippen LogP contribution in [-0.2, 0) is 0 Å². The van der Waals surface area contributed by atoms with Crippen molar-refractivity contribution in [3.05, 3.63) is 24.3 Å². The van der Waals surface area contributed by atoms with Gasteiger partial charge in [0.2, 0.25) is 0 Å². The number of nitrogens with zero attached hydrogens (tertiary/aromatic N) is 2. The maximum Gasteiger partial charge on any atom is 0.0753 e. The van der Waals surface area contributed by atoms with Crippen molar-refractivity contribution in [1.82, 2.24) is 15.3 Å². The number of nitrogens with one attached hydrogen (secondary N) is 1. The zero-order valence-corrected chi connectivity index (χ0v) is 8.64. The van der Waals surface area contributed by atoms with Gasteiger partial charge in [-0.05, 0) is 13.3 Å². The molecule has 0 aliphatic carbocycles. The molecule has 2 N–H and O–H groups in total. The van der Waals surface area contributed by atoms with Crippen molar-refractivity contribution >= 4 is 0 Å². The molecule has 0 aliphatic heterocycles. The largest absolute Gasteiger partial charge is 0.395 e. The van der Waals surface area contributed by atoms with E-state index in [1.165, 1.54) is 0 Å². The van der Waals surface area contributed by atoms with E-state index >= 15 is 0 Å². The molecule has 14 heavy (non-hydrogen) atoms. The smallest absolute Gasteiger partial charge is 0.0753 e. The van der Waals surface area contributed by atoms with Crippen molar-refractivity contribution in [3.63, 3.8) is 0 Å². The van der Waals surface area contributed by atoms with Crippen molar-refractivity contribution in [2.24, 2.45) is 0 Å². The zero-order valence-electron chi connectivity index (χ0n) is 8.64. The molecule has 1 rings (SSSR count). The Kier molecular flexibility index (Phi) is 4.49. The molecule has 2 atom stereocenters. The lowest BCUT2D eigenvalue weighted by atomic mass is 10.2. The third-order valence-corrected chi connectivity index (χ3v) is 2.23. The number of rotatable bonds is 5. The fourth-order valence-electron chi connectivity index (χ4n) is 1.27. The van der Waals surface area contributed by atoms with Gasteiger partial charge in [-0.1, -0.05) is 6.92 Å². The van der Waals surface area contributed by atoms with Gasteiger partial charge in [-0.15, -0.1) is 0 Å². The van der Waals surface area contributed by atoms with Crippen molar-refractivity contribution in [1.29, 1.82) is 0 Å². The second-order valence-electron chi connectivity index (χ2n) is 3.31. The standard InChI is InChI=1S/C10H17N3O/c1-3-9(7-14)13-8(2)10-6-11-4-5-12-10/h4-6,8-9,13-14H,3,7H2,1-2H3/t8?,9-/m1/s1. The Hall–Kier alpha value is -1.00. The average Bonchev–Trinajstić information content (AvgIpc) is 2.26. The molecule has 0 aliphatic rings. The third-order valence-electron chi connectivity index (χ3n) is 2.23. The molecule has 0 bridgehead atoms. The van der Waals surface area contributed by atoms with Gasteiger partial charge in [0.15, 0.2) is 0 Å². The topological polar surface area (TPSA) is 58.0 Å². The predicted molar refractivity (Wildman–Crippen MR) is 54.7 cm³/mol. The third kappa shape index (κ3) is 3.05. The molecule has 0 radical (unpaired) electrons. The number of aromatic nitrogens is 2. The molecule has 0 aromatic carbocycles. The fourth-order valence-corrected chi connectivity index (χ4v) is 1.27. The lowest BCUT2D eigenvalue weighted by Crippen LogP contribution is -2.34. The van der Waals surface area contributed by atoms with Crippen LogP contribution < -0.4 is 5.32 Å². The lowest BCUT2D eigenvalue weighted by Gasteiger charge is -2.19. The Bertz CT molecular complexity index is 249. The molecule has 78 valence electrons. The van der Waals surface area contributed by atoms with Crippen LogP contribution in [-0.4, -0.2) is 27.7 Å². The lowest BCUT2D eigenvalue weighted by molar-refractivity contribution is 0.229. The first-order chi connectivity index (χ1) is 6.77. The van der Waals surface area contributed by atoms with Crippen LogP contribution in [0, 0.1) is 0 Å². The Morgan fingerprint density at radius 3 is 2.79 bits per heavy atom. The molecule has 0 amide bonds. The number of aliphatic hydroxyl groups excluding tert-OH is 1. The molecule has 4 heteroatoms. The van der Waals surface area contributed by atoms with E-state index in [0.29, 0.717) is 0 Å². The summed E-state index contributed by atoms with van der Waals surface area (Å²) in [7, 11) is 0. The summed E-state index contributed by atoms with van der Waals surface area (Å²) >= 11 is 0. The SMILES string of the molecule is CC[C@H](CO)NC(C)c1cnccn1. The summed E-state index contributed by atoms with van der Waals surface area (Å²) in [5, 5.41) is 12.3. The molecule has 1 aromatic rings. The summed E-state index contributed by atoms with van der Waals surface area (Å²) in [6, 6.07) is 0.257. The van der Waals surface area contributed by atoms with Crippen LogP contribution in [0.1, 0.15) is 32.0 Å². The van der Waals surface area contributed by atoms with Crippen LogP contribution >= 0.6 is 0 Å². The van der Waals surface area contributed by atoms with E-state index in [4.69, 9.17) is 5.11 Å². The molecule has 0 fully saturated rings. The van der Waals surface area contributed by atoms with Gasteiger partial charge >= 0.3 is 0 Å². The highest BCUT2D eigenvalue weighted by atomic mass is 16.3. The molecule has 1 unspecified atom stereocenters. The first kappa shape index (κ1) is 11.1. The monoisotopic (exact) mass is 195 g/mol. The summed E-state index contributed by atoms with van der Waals surface area (Å²) in [6.07, 6.45) is 5.97. The fraction of sp³-hybridized carbons (Fsp3) is 0.600. The molecule has 0 saturated heterocycles. The van der Waals surface area contributed by atoms with Crippen molar-refractivity contribution in [3.8, 4) is 0 Å². The maximum atomic E-state index is 9.02. The Morgan fingerprint density at radius 2 is 2.29 bits per heavy atom. The number of aliphatic hydroxyl groups is 1. The van der Waals surface area contributed by atoms with Crippen LogP contribution in [0.3, 0.4) is 0 Å². The van der Waals surface area contributed by atoms with E-state index in [1.54, 1.807) is 18.6 Å². The van der Waals surface area contributed by atoms with E-state index < -0.39 is 0 Å². The number of hydrogen-bond donors (Lipinski definition) is 2. The van der Waals surface area contributed by atoms with Crippen molar-refractivity contribution < 1.29 is 5.11 Å². The predicted octanol–water partition coefficient (Wildman–Crippen LogP) is 0.898. The highest BCUT2D eigenvalue weighted by Crippen LogP contribution is 2.08. The van der Waals surface area contributed by atoms with E-state index in [-0.39, 0.29) is 18.7 Å². The van der Waals surface area contributed by atoms with E-state index in [1.807, 2.05) is 13.8 Å². The van der Waals surface area contributed by atoms with Gasteiger partial charge in [0.05, 0.1) is 12.3 Å². The Labute approximate surface area is 84.4 Å². The van der Waals surface area contributed by atoms with Crippen LogP contribution in [0.4, 0.5) is 0 Å². The van der Waals surface area contributed by atoms with Gasteiger partial charge in [0, 0.05) is 30.7 Å². The molecule has 1 aromatic heterocycles. The van der Waals surface area contributed by atoms with Crippen LogP contribution in [0.15, 0.2) is 18.6 Å². The maximum absolute atomic E-state index is 9.02. The summed E-state index contributed by atoms with van der Waals surface area (Å²) in [5.41, 5.74) is 0.902. The molecule has 0 spiro atoms. The molecular weight excluding hydrogens is 178 g/mol. The summed E-state index contributed by atoms with van der Waals surface area (Å²) in [4.78, 5) is 8.19. The molecular formula is C10H17N3O. The summed E-state index contributed by atoms with van der Waals surface area (Å²) in [6.45, 7) is 4.21. The van der Waals surface area contributed by atoms with Gasteiger partial charge in [-0.2, -0.15) is 0 Å². The van der Waals surface area contributed by atoms with Crippen molar-refractivity contribution in [2.45, 2.75) is 32.4 Å².